The first kappa shape index (κ1) is 13.8. The molecule has 0 aliphatic heterocycles. The lowest BCUT2D eigenvalue weighted by Crippen LogP contribution is -1.99. The van der Waals surface area contributed by atoms with Crippen LogP contribution in [0.3, 0.4) is 0 Å². The molecule has 5 rings (SSSR count). The van der Waals surface area contributed by atoms with Crippen LogP contribution in [0.2, 0.25) is 0 Å². The van der Waals surface area contributed by atoms with Gasteiger partial charge in [-0.05, 0) is 17.7 Å². The zero-order valence-corrected chi connectivity index (χ0v) is 13.5. The summed E-state index contributed by atoms with van der Waals surface area (Å²) in [6.07, 6.45) is 7.16. The molecular formula is C17H14N8. The van der Waals surface area contributed by atoms with Gasteiger partial charge in [0.15, 0.2) is 17.1 Å². The van der Waals surface area contributed by atoms with E-state index in [2.05, 4.69) is 32.4 Å². The lowest BCUT2D eigenvalue weighted by molar-refractivity contribution is 0.687. The van der Waals surface area contributed by atoms with Crippen molar-refractivity contribution in [3.8, 4) is 11.4 Å². The fourth-order valence-electron chi connectivity index (χ4n) is 2.95. The predicted molar refractivity (Wildman–Crippen MR) is 91.8 cm³/mol. The van der Waals surface area contributed by atoms with Crippen LogP contribution in [0.5, 0.6) is 0 Å². The number of nitrogens with zero attached hydrogens (tertiary/aromatic N) is 8. The Bertz CT molecular complexity index is 1180. The van der Waals surface area contributed by atoms with Crippen molar-refractivity contribution in [2.45, 2.75) is 6.54 Å². The number of fused-ring (bicyclic) bond motifs is 3. The van der Waals surface area contributed by atoms with E-state index in [9.17, 15) is 0 Å². The summed E-state index contributed by atoms with van der Waals surface area (Å²) >= 11 is 0. The average molecular weight is 330 g/mol. The smallest absolute Gasteiger partial charge is 0.182 e. The number of hydrogen-bond donors (Lipinski definition) is 0. The van der Waals surface area contributed by atoms with Crippen molar-refractivity contribution in [1.29, 1.82) is 0 Å². The molecule has 5 aromatic rings. The standard InChI is InChI=1S/C17H14N8/c1-23-16-14(9-20-23)17-21-15(22-25(17)11-18-16)13-5-2-4-12(8-13)10-24-7-3-6-19-24/h2-9,11H,10H2,1H3. The first-order valence-corrected chi connectivity index (χ1v) is 7.88. The van der Waals surface area contributed by atoms with Gasteiger partial charge in [0.05, 0.1) is 18.1 Å². The van der Waals surface area contributed by atoms with E-state index in [-0.39, 0.29) is 0 Å². The van der Waals surface area contributed by atoms with Crippen molar-refractivity contribution in [2.75, 3.05) is 0 Å². The maximum atomic E-state index is 4.70. The van der Waals surface area contributed by atoms with Gasteiger partial charge in [-0.15, -0.1) is 5.10 Å². The van der Waals surface area contributed by atoms with Gasteiger partial charge >= 0.3 is 0 Å². The van der Waals surface area contributed by atoms with Gasteiger partial charge in [-0.25, -0.2) is 14.5 Å². The van der Waals surface area contributed by atoms with Crippen LogP contribution in [0.1, 0.15) is 5.56 Å². The van der Waals surface area contributed by atoms with Crippen LogP contribution >= 0.6 is 0 Å². The molecule has 4 heterocycles. The number of hydrogen-bond acceptors (Lipinski definition) is 5. The lowest BCUT2D eigenvalue weighted by atomic mass is 10.1. The first-order valence-electron chi connectivity index (χ1n) is 7.88. The van der Waals surface area contributed by atoms with Crippen molar-refractivity contribution in [1.82, 2.24) is 39.1 Å². The highest BCUT2D eigenvalue weighted by Crippen LogP contribution is 2.21. The molecule has 0 fully saturated rings. The number of aromatic nitrogens is 8. The quantitative estimate of drug-likeness (QED) is 0.505. The largest absolute Gasteiger partial charge is 0.268 e. The molecule has 1 aromatic carbocycles. The van der Waals surface area contributed by atoms with Gasteiger partial charge in [0.1, 0.15) is 6.33 Å². The molecule has 122 valence electrons. The minimum absolute atomic E-state index is 0.667. The van der Waals surface area contributed by atoms with Gasteiger partial charge < -0.3 is 0 Å². The van der Waals surface area contributed by atoms with Gasteiger partial charge in [0, 0.05) is 25.0 Å². The molecule has 25 heavy (non-hydrogen) atoms. The molecule has 0 bridgehead atoms. The Balaban J connectivity index is 1.59. The van der Waals surface area contributed by atoms with Crippen molar-refractivity contribution in [3.05, 3.63) is 60.8 Å². The zero-order valence-electron chi connectivity index (χ0n) is 13.5. The molecule has 8 nitrogen and oxygen atoms in total. The topological polar surface area (TPSA) is 78.7 Å². The third kappa shape index (κ3) is 2.26. The molecule has 0 unspecified atom stereocenters. The summed E-state index contributed by atoms with van der Waals surface area (Å²) < 4.78 is 5.31. The SMILES string of the molecule is Cn1ncc2c1ncn1nc(-c3cccc(Cn4cccn4)c3)nc21. The van der Waals surface area contributed by atoms with Gasteiger partial charge in [-0.3, -0.25) is 9.36 Å². The Morgan fingerprint density at radius 1 is 1.08 bits per heavy atom. The molecule has 8 heteroatoms. The van der Waals surface area contributed by atoms with Crippen LogP contribution in [0.15, 0.2) is 55.2 Å². The molecule has 4 aromatic heterocycles. The van der Waals surface area contributed by atoms with E-state index in [0.717, 1.165) is 27.8 Å². The lowest BCUT2D eigenvalue weighted by Gasteiger charge is -2.03. The Labute approximate surface area is 142 Å². The minimum Gasteiger partial charge on any atom is -0.268 e. The molecule has 0 aliphatic carbocycles. The maximum Gasteiger partial charge on any atom is 0.182 e. The van der Waals surface area contributed by atoms with E-state index >= 15 is 0 Å². The van der Waals surface area contributed by atoms with E-state index in [4.69, 9.17) is 4.98 Å². The molecule has 0 saturated carbocycles. The number of rotatable bonds is 3. The van der Waals surface area contributed by atoms with Crippen molar-refractivity contribution >= 4 is 16.7 Å². The second-order valence-corrected chi connectivity index (χ2v) is 5.86. The van der Waals surface area contributed by atoms with Crippen LogP contribution in [0.4, 0.5) is 0 Å². The molecule has 0 spiro atoms. The summed E-state index contributed by atoms with van der Waals surface area (Å²) in [7, 11) is 1.86. The molecule has 0 radical (unpaired) electrons. The summed E-state index contributed by atoms with van der Waals surface area (Å²) in [6.45, 7) is 0.711. The second-order valence-electron chi connectivity index (χ2n) is 5.86. The van der Waals surface area contributed by atoms with Gasteiger partial charge in [0.2, 0.25) is 0 Å². The summed E-state index contributed by atoms with van der Waals surface area (Å²) in [4.78, 5) is 9.09. The average Bonchev–Trinajstić information content (AvgIpc) is 3.34. The van der Waals surface area contributed by atoms with Crippen LogP contribution in [-0.4, -0.2) is 39.1 Å². The second kappa shape index (κ2) is 5.23. The number of aryl methyl sites for hydroxylation is 1. The normalized spacial score (nSPS) is 11.6. The third-order valence-corrected chi connectivity index (χ3v) is 4.16. The van der Waals surface area contributed by atoms with Crippen LogP contribution < -0.4 is 0 Å². The summed E-state index contributed by atoms with van der Waals surface area (Å²) in [5.41, 5.74) is 3.65. The third-order valence-electron chi connectivity index (χ3n) is 4.16. The van der Waals surface area contributed by atoms with Crippen molar-refractivity contribution in [3.63, 3.8) is 0 Å². The highest BCUT2D eigenvalue weighted by molar-refractivity contribution is 5.88. The summed E-state index contributed by atoms with van der Waals surface area (Å²) in [5.74, 6) is 0.667. The molecule has 0 N–H and O–H groups in total. The molecular weight excluding hydrogens is 316 g/mol. The Morgan fingerprint density at radius 2 is 2.04 bits per heavy atom. The van der Waals surface area contributed by atoms with Crippen molar-refractivity contribution < 1.29 is 0 Å². The summed E-state index contributed by atoms with van der Waals surface area (Å²) in [5, 5.41) is 13.9. The van der Waals surface area contributed by atoms with E-state index in [1.165, 1.54) is 0 Å². The fraction of sp³-hybridized carbons (Fsp3) is 0.118. The summed E-state index contributed by atoms with van der Waals surface area (Å²) in [6, 6.07) is 10.1. The first-order chi connectivity index (χ1) is 12.3. The highest BCUT2D eigenvalue weighted by Gasteiger charge is 2.12. The van der Waals surface area contributed by atoms with Crippen LogP contribution in [-0.2, 0) is 13.6 Å². The van der Waals surface area contributed by atoms with E-state index in [1.807, 2.05) is 36.1 Å². The number of benzene rings is 1. The van der Waals surface area contributed by atoms with Gasteiger partial charge in [-0.2, -0.15) is 10.2 Å². The van der Waals surface area contributed by atoms with Gasteiger partial charge in [0.25, 0.3) is 0 Å². The van der Waals surface area contributed by atoms with E-state index in [1.54, 1.807) is 27.9 Å². The highest BCUT2D eigenvalue weighted by atomic mass is 15.3. The van der Waals surface area contributed by atoms with Crippen LogP contribution in [0, 0.1) is 0 Å². The molecule has 0 aliphatic rings. The maximum absolute atomic E-state index is 4.70. The van der Waals surface area contributed by atoms with E-state index in [0.29, 0.717) is 12.4 Å². The Kier molecular flexibility index (Phi) is 2.90. The monoisotopic (exact) mass is 330 g/mol. The Morgan fingerprint density at radius 3 is 2.92 bits per heavy atom. The minimum atomic E-state index is 0.667. The predicted octanol–water partition coefficient (Wildman–Crippen LogP) is 1.92. The van der Waals surface area contributed by atoms with Crippen LogP contribution in [0.25, 0.3) is 28.1 Å². The fourth-order valence-corrected chi connectivity index (χ4v) is 2.95. The molecule has 0 amide bonds. The van der Waals surface area contributed by atoms with E-state index < -0.39 is 0 Å². The molecule has 0 saturated heterocycles. The van der Waals surface area contributed by atoms with Gasteiger partial charge in [-0.1, -0.05) is 18.2 Å². The molecule has 0 atom stereocenters. The Hall–Kier alpha value is -3.55. The van der Waals surface area contributed by atoms with Crippen molar-refractivity contribution in [2.24, 2.45) is 7.05 Å². The zero-order chi connectivity index (χ0) is 16.8.